The van der Waals surface area contributed by atoms with Crippen LogP contribution in [0.5, 0.6) is 0 Å². The molecule has 0 aliphatic rings. The summed E-state index contributed by atoms with van der Waals surface area (Å²) in [6.45, 7) is 8.27. The molecule has 3 nitrogen and oxygen atoms in total. The highest BCUT2D eigenvalue weighted by Crippen LogP contribution is 2.11. The monoisotopic (exact) mass is 209 g/mol. The zero-order chi connectivity index (χ0) is 11.7. The summed E-state index contributed by atoms with van der Waals surface area (Å²) in [6, 6.07) is 1.77. The molecule has 0 aliphatic carbocycles. The second-order valence-corrected chi connectivity index (χ2v) is 3.78. The molecule has 1 atom stereocenters. The van der Waals surface area contributed by atoms with Crippen LogP contribution < -0.4 is 0 Å². The van der Waals surface area contributed by atoms with Crippen LogP contribution in [0.25, 0.3) is 0 Å². The van der Waals surface area contributed by atoms with Crippen LogP contribution in [0.1, 0.15) is 40.5 Å². The lowest BCUT2D eigenvalue weighted by atomic mass is 10.1. The fourth-order valence-electron chi connectivity index (χ4n) is 1.05. The van der Waals surface area contributed by atoms with E-state index < -0.39 is 5.60 Å². The Balaban J connectivity index is 3.94. The summed E-state index contributed by atoms with van der Waals surface area (Å²) in [5.74, 6) is 5.05. The van der Waals surface area contributed by atoms with Crippen LogP contribution in [0.3, 0.4) is 0 Å². The molecule has 0 spiro atoms. The number of nitriles is 1. The third-order valence-corrected chi connectivity index (χ3v) is 1.73. The maximum absolute atomic E-state index is 8.33. The van der Waals surface area contributed by atoms with Gasteiger partial charge < -0.3 is 9.47 Å². The molecule has 0 unspecified atom stereocenters. The standard InChI is InChI=1S/C12H19NO2/c1-5-6-10-14-11(2)15-12(3,4)8-7-9-13/h11H,5-6,10H2,1-4H3/t11-/m1/s1. The lowest BCUT2D eigenvalue weighted by Gasteiger charge is -2.23. The van der Waals surface area contributed by atoms with Gasteiger partial charge in [-0.2, -0.15) is 5.26 Å². The van der Waals surface area contributed by atoms with Gasteiger partial charge in [0.25, 0.3) is 0 Å². The predicted octanol–water partition coefficient (Wildman–Crippen LogP) is 2.47. The molecular formula is C12H19NO2. The normalized spacial score (nSPS) is 12.5. The smallest absolute Gasteiger partial charge is 0.156 e. The van der Waals surface area contributed by atoms with Crippen molar-refractivity contribution >= 4 is 0 Å². The van der Waals surface area contributed by atoms with Gasteiger partial charge in [-0.3, -0.25) is 0 Å². The number of hydrogen-bond acceptors (Lipinski definition) is 3. The Labute approximate surface area is 92.4 Å². The van der Waals surface area contributed by atoms with Crippen LogP contribution in [0.2, 0.25) is 0 Å². The van der Waals surface area contributed by atoms with Crippen LogP contribution in [0.15, 0.2) is 0 Å². The summed E-state index contributed by atoms with van der Waals surface area (Å²) in [6.07, 6.45) is 1.84. The SMILES string of the molecule is CCCCO[C@@H](C)OC(C)(C)C#CC#N. The van der Waals surface area contributed by atoms with E-state index in [1.807, 2.05) is 20.8 Å². The van der Waals surface area contributed by atoms with Crippen LogP contribution in [-0.2, 0) is 9.47 Å². The molecule has 0 aromatic rings. The van der Waals surface area contributed by atoms with E-state index in [4.69, 9.17) is 14.7 Å². The molecule has 0 N–H and O–H groups in total. The van der Waals surface area contributed by atoms with Crippen molar-refractivity contribution in [3.8, 4) is 17.9 Å². The van der Waals surface area contributed by atoms with E-state index in [9.17, 15) is 0 Å². The summed E-state index contributed by atoms with van der Waals surface area (Å²) in [5, 5.41) is 8.33. The first-order valence-electron chi connectivity index (χ1n) is 5.22. The van der Waals surface area contributed by atoms with Crippen LogP contribution in [-0.4, -0.2) is 18.5 Å². The molecule has 0 saturated heterocycles. The zero-order valence-electron chi connectivity index (χ0n) is 9.96. The first kappa shape index (κ1) is 14.0. The van der Waals surface area contributed by atoms with E-state index >= 15 is 0 Å². The fraction of sp³-hybridized carbons (Fsp3) is 0.750. The fourth-order valence-corrected chi connectivity index (χ4v) is 1.05. The summed E-state index contributed by atoms with van der Waals surface area (Å²) >= 11 is 0. The molecule has 15 heavy (non-hydrogen) atoms. The van der Waals surface area contributed by atoms with Crippen molar-refractivity contribution in [1.29, 1.82) is 5.26 Å². The predicted molar refractivity (Wildman–Crippen MR) is 58.9 cm³/mol. The lowest BCUT2D eigenvalue weighted by molar-refractivity contribution is -0.172. The highest BCUT2D eigenvalue weighted by molar-refractivity contribution is 5.22. The first-order valence-corrected chi connectivity index (χ1v) is 5.22. The van der Waals surface area contributed by atoms with Crippen molar-refractivity contribution in [3.05, 3.63) is 0 Å². The van der Waals surface area contributed by atoms with Crippen LogP contribution >= 0.6 is 0 Å². The van der Waals surface area contributed by atoms with Gasteiger partial charge in [-0.15, -0.1) is 0 Å². The third-order valence-electron chi connectivity index (χ3n) is 1.73. The Bertz CT molecular complexity index is 268. The van der Waals surface area contributed by atoms with Crippen LogP contribution in [0, 0.1) is 23.2 Å². The third kappa shape index (κ3) is 8.00. The molecule has 0 heterocycles. The van der Waals surface area contributed by atoms with E-state index in [1.165, 1.54) is 0 Å². The highest BCUT2D eigenvalue weighted by atomic mass is 16.7. The maximum Gasteiger partial charge on any atom is 0.156 e. The molecule has 0 rings (SSSR count). The van der Waals surface area contributed by atoms with Gasteiger partial charge in [0, 0.05) is 12.5 Å². The summed E-state index contributed by atoms with van der Waals surface area (Å²) in [7, 11) is 0. The Morgan fingerprint density at radius 1 is 1.40 bits per heavy atom. The molecule has 0 radical (unpaired) electrons. The molecular weight excluding hydrogens is 190 g/mol. The van der Waals surface area contributed by atoms with E-state index in [1.54, 1.807) is 6.07 Å². The van der Waals surface area contributed by atoms with Gasteiger partial charge in [0.05, 0.1) is 0 Å². The van der Waals surface area contributed by atoms with Crippen molar-refractivity contribution < 1.29 is 9.47 Å². The minimum Gasteiger partial charge on any atom is -0.353 e. The quantitative estimate of drug-likeness (QED) is 0.383. The van der Waals surface area contributed by atoms with Gasteiger partial charge >= 0.3 is 0 Å². The van der Waals surface area contributed by atoms with Gasteiger partial charge in [0.15, 0.2) is 12.4 Å². The minimum absolute atomic E-state index is 0.292. The average molecular weight is 209 g/mol. The Kier molecular flexibility index (Phi) is 6.79. The Morgan fingerprint density at radius 2 is 2.07 bits per heavy atom. The number of rotatable bonds is 6. The van der Waals surface area contributed by atoms with Gasteiger partial charge in [-0.05, 0) is 27.2 Å². The average Bonchev–Trinajstić information content (AvgIpc) is 2.14. The second-order valence-electron chi connectivity index (χ2n) is 3.78. The van der Waals surface area contributed by atoms with Gasteiger partial charge in [0.1, 0.15) is 5.60 Å². The largest absolute Gasteiger partial charge is 0.353 e. The molecule has 0 amide bonds. The molecule has 0 aliphatic heterocycles. The number of nitrogens with zero attached hydrogens (tertiary/aromatic N) is 1. The van der Waals surface area contributed by atoms with Crippen molar-refractivity contribution in [2.24, 2.45) is 0 Å². The van der Waals surface area contributed by atoms with Crippen molar-refractivity contribution in [2.45, 2.75) is 52.4 Å². The summed E-state index contributed by atoms with van der Waals surface area (Å²) < 4.78 is 11.0. The Morgan fingerprint density at radius 3 is 2.60 bits per heavy atom. The molecule has 3 heteroatoms. The first-order chi connectivity index (χ1) is 7.02. The number of hydrogen-bond donors (Lipinski definition) is 0. The minimum atomic E-state index is -0.638. The van der Waals surface area contributed by atoms with Gasteiger partial charge in [-0.25, -0.2) is 0 Å². The zero-order valence-corrected chi connectivity index (χ0v) is 9.96. The van der Waals surface area contributed by atoms with E-state index in [2.05, 4.69) is 18.8 Å². The van der Waals surface area contributed by atoms with Crippen molar-refractivity contribution in [1.82, 2.24) is 0 Å². The second kappa shape index (κ2) is 7.29. The molecule has 0 fully saturated rings. The van der Waals surface area contributed by atoms with Gasteiger partial charge in [0.2, 0.25) is 0 Å². The summed E-state index contributed by atoms with van der Waals surface area (Å²) in [4.78, 5) is 0. The molecule has 0 bridgehead atoms. The Hall–Kier alpha value is -1.03. The van der Waals surface area contributed by atoms with Crippen molar-refractivity contribution in [3.63, 3.8) is 0 Å². The summed E-state index contributed by atoms with van der Waals surface area (Å²) in [5.41, 5.74) is -0.638. The lowest BCUT2D eigenvalue weighted by Crippen LogP contribution is -2.29. The maximum atomic E-state index is 8.33. The molecule has 84 valence electrons. The van der Waals surface area contributed by atoms with Gasteiger partial charge in [-0.1, -0.05) is 19.3 Å². The van der Waals surface area contributed by atoms with Crippen LogP contribution in [0.4, 0.5) is 0 Å². The number of unbranched alkanes of at least 4 members (excludes halogenated alkanes) is 1. The highest BCUT2D eigenvalue weighted by Gasteiger charge is 2.18. The topological polar surface area (TPSA) is 42.2 Å². The van der Waals surface area contributed by atoms with E-state index in [0.717, 1.165) is 12.8 Å². The molecule has 0 aromatic heterocycles. The van der Waals surface area contributed by atoms with Crippen molar-refractivity contribution in [2.75, 3.05) is 6.61 Å². The number of ether oxygens (including phenoxy) is 2. The van der Waals surface area contributed by atoms with E-state index in [-0.39, 0.29) is 6.29 Å². The van der Waals surface area contributed by atoms with E-state index in [0.29, 0.717) is 6.61 Å². The molecule has 0 saturated carbocycles. The molecule has 0 aromatic carbocycles.